The molecule has 5 aromatic rings. The zero-order valence-electron chi connectivity index (χ0n) is 20.6. The number of ether oxygens (including phenoxy) is 2. The number of esters is 1. The van der Waals surface area contributed by atoms with Gasteiger partial charge in [0.05, 0.1) is 18.5 Å². The summed E-state index contributed by atoms with van der Waals surface area (Å²) in [6, 6.07) is 16.0. The second-order valence-electron chi connectivity index (χ2n) is 8.30. The van der Waals surface area contributed by atoms with Crippen LogP contribution in [0.1, 0.15) is 33.3 Å². The van der Waals surface area contributed by atoms with Gasteiger partial charge in [0, 0.05) is 28.7 Å². The minimum absolute atomic E-state index is 0.140. The first-order valence-electron chi connectivity index (χ1n) is 11.8. The molecule has 0 aliphatic rings. The van der Waals surface area contributed by atoms with Crippen molar-refractivity contribution in [1.82, 2.24) is 24.4 Å². The normalized spacial score (nSPS) is 10.9. The third-order valence-electron chi connectivity index (χ3n) is 5.68. The number of carbonyl (C=O) groups is 2. The van der Waals surface area contributed by atoms with E-state index in [0.29, 0.717) is 27.8 Å². The van der Waals surface area contributed by atoms with Crippen LogP contribution in [0.5, 0.6) is 5.75 Å². The van der Waals surface area contributed by atoms with Crippen LogP contribution >= 0.6 is 11.6 Å². The number of anilines is 1. The lowest BCUT2D eigenvalue weighted by molar-refractivity contribution is 0.0528. The number of amides is 1. The number of rotatable bonds is 8. The molecule has 1 N–H and O–H groups in total. The molecule has 38 heavy (non-hydrogen) atoms. The van der Waals surface area contributed by atoms with E-state index in [1.165, 1.54) is 10.9 Å². The first-order chi connectivity index (χ1) is 18.4. The predicted molar refractivity (Wildman–Crippen MR) is 141 cm³/mol. The van der Waals surface area contributed by atoms with Crippen molar-refractivity contribution in [2.75, 3.05) is 11.9 Å². The highest BCUT2D eigenvalue weighted by Gasteiger charge is 2.17. The molecule has 0 aliphatic carbocycles. The largest absolute Gasteiger partial charge is 0.471 e. The van der Waals surface area contributed by atoms with Crippen molar-refractivity contribution in [3.8, 4) is 17.0 Å². The third-order valence-corrected chi connectivity index (χ3v) is 5.91. The van der Waals surface area contributed by atoms with Crippen molar-refractivity contribution >= 4 is 34.8 Å². The Morgan fingerprint density at radius 1 is 1.11 bits per heavy atom. The van der Waals surface area contributed by atoms with E-state index < -0.39 is 5.97 Å². The Balaban J connectivity index is 1.30. The molecule has 11 heteroatoms. The highest BCUT2D eigenvalue weighted by molar-refractivity contribution is 6.30. The Bertz CT molecular complexity index is 1640. The fourth-order valence-electron chi connectivity index (χ4n) is 3.88. The van der Waals surface area contributed by atoms with Crippen molar-refractivity contribution in [3.63, 3.8) is 0 Å². The second kappa shape index (κ2) is 10.7. The van der Waals surface area contributed by atoms with Crippen LogP contribution < -0.4 is 10.1 Å². The number of hydrogen-bond acceptors (Lipinski definition) is 7. The van der Waals surface area contributed by atoms with Gasteiger partial charge in [0.1, 0.15) is 11.3 Å². The molecule has 0 aliphatic heterocycles. The van der Waals surface area contributed by atoms with Gasteiger partial charge in [-0.25, -0.2) is 19.0 Å². The summed E-state index contributed by atoms with van der Waals surface area (Å²) in [5, 5.41) is 12.1. The Hall–Kier alpha value is -4.70. The molecule has 192 valence electrons. The number of nitrogens with zero attached hydrogens (tertiary/aromatic N) is 5. The van der Waals surface area contributed by atoms with Gasteiger partial charge < -0.3 is 14.8 Å². The third kappa shape index (κ3) is 5.21. The number of aromatic nitrogens is 5. The summed E-state index contributed by atoms with van der Waals surface area (Å²) < 4.78 is 14.0. The minimum Gasteiger partial charge on any atom is -0.471 e. The summed E-state index contributed by atoms with van der Waals surface area (Å²) in [4.78, 5) is 29.4. The smallest absolute Gasteiger partial charge is 0.343 e. The van der Waals surface area contributed by atoms with Crippen molar-refractivity contribution in [2.45, 2.75) is 20.6 Å². The van der Waals surface area contributed by atoms with Crippen LogP contribution in [-0.4, -0.2) is 42.9 Å². The molecule has 3 aromatic heterocycles. The molecule has 0 radical (unpaired) electrons. The van der Waals surface area contributed by atoms with E-state index in [1.807, 2.05) is 31.2 Å². The van der Waals surface area contributed by atoms with E-state index in [2.05, 4.69) is 20.5 Å². The van der Waals surface area contributed by atoms with E-state index in [9.17, 15) is 9.59 Å². The number of halogens is 1. The van der Waals surface area contributed by atoms with Gasteiger partial charge >= 0.3 is 5.97 Å². The Morgan fingerprint density at radius 2 is 1.97 bits per heavy atom. The summed E-state index contributed by atoms with van der Waals surface area (Å²) in [7, 11) is 0. The first-order valence-corrected chi connectivity index (χ1v) is 12.1. The highest BCUT2D eigenvalue weighted by atomic mass is 35.5. The monoisotopic (exact) mass is 530 g/mol. The van der Waals surface area contributed by atoms with Gasteiger partial charge in [-0.1, -0.05) is 23.7 Å². The summed E-state index contributed by atoms with van der Waals surface area (Å²) >= 11 is 5.99. The average molecular weight is 531 g/mol. The van der Waals surface area contributed by atoms with E-state index in [1.54, 1.807) is 54.2 Å². The van der Waals surface area contributed by atoms with E-state index in [0.717, 1.165) is 11.1 Å². The number of carbonyl (C=O) groups excluding carboxylic acids is 2. The second-order valence-corrected chi connectivity index (χ2v) is 8.74. The van der Waals surface area contributed by atoms with E-state index in [4.69, 9.17) is 21.1 Å². The molecular weight excluding hydrogens is 508 g/mol. The number of nitrogens with one attached hydrogen (secondary N) is 1. The zero-order valence-corrected chi connectivity index (χ0v) is 21.3. The Kier molecular flexibility index (Phi) is 7.05. The molecule has 2 aromatic carbocycles. The quantitative estimate of drug-likeness (QED) is 0.280. The van der Waals surface area contributed by atoms with Crippen LogP contribution in [0.15, 0.2) is 73.2 Å². The van der Waals surface area contributed by atoms with Crippen LogP contribution in [0.25, 0.3) is 16.9 Å². The van der Waals surface area contributed by atoms with Gasteiger partial charge in [-0.15, -0.1) is 0 Å². The van der Waals surface area contributed by atoms with Crippen LogP contribution in [0.2, 0.25) is 5.02 Å². The van der Waals surface area contributed by atoms with Crippen molar-refractivity contribution < 1.29 is 19.1 Å². The standard InChI is InChI=1S/C27H23ClN6O4/c1-3-37-27(36)21-15-30-34-23(9-11-29-25(21)34)18-5-4-6-20(14-18)31-26(35)22-10-12-33(32-22)16-38-24-8-7-19(28)13-17(24)2/h4-15H,3,16H2,1-2H3,(H,31,35). The summed E-state index contributed by atoms with van der Waals surface area (Å²) in [6.45, 7) is 4.04. The lowest BCUT2D eigenvalue weighted by atomic mass is 10.1. The van der Waals surface area contributed by atoms with Gasteiger partial charge in [-0.05, 0) is 61.9 Å². The van der Waals surface area contributed by atoms with E-state index in [-0.39, 0.29) is 30.5 Å². The molecular formula is C27H23ClN6O4. The average Bonchev–Trinajstić information content (AvgIpc) is 3.56. The fraction of sp³-hybridized carbons (Fsp3) is 0.148. The molecule has 0 fully saturated rings. The maximum atomic E-state index is 12.9. The lowest BCUT2D eigenvalue weighted by Gasteiger charge is -2.09. The molecule has 3 heterocycles. The molecule has 0 spiro atoms. The van der Waals surface area contributed by atoms with Gasteiger partial charge in [-0.3, -0.25) is 4.79 Å². The maximum absolute atomic E-state index is 12.9. The molecule has 0 unspecified atom stereocenters. The maximum Gasteiger partial charge on any atom is 0.343 e. The summed E-state index contributed by atoms with van der Waals surface area (Å²) in [5.74, 6) is -0.169. The number of fused-ring (bicyclic) bond motifs is 1. The first kappa shape index (κ1) is 25.0. The topological polar surface area (TPSA) is 113 Å². The van der Waals surface area contributed by atoms with Gasteiger partial charge in [0.25, 0.3) is 5.91 Å². The SMILES string of the molecule is CCOC(=O)c1cnn2c(-c3cccc(NC(=O)c4ccn(COc5ccc(Cl)cc5C)n4)c3)ccnc12. The minimum atomic E-state index is -0.485. The molecule has 0 bridgehead atoms. The lowest BCUT2D eigenvalue weighted by Crippen LogP contribution is -2.14. The Morgan fingerprint density at radius 3 is 2.79 bits per heavy atom. The fourth-order valence-corrected chi connectivity index (χ4v) is 4.11. The van der Waals surface area contributed by atoms with Crippen LogP contribution in [-0.2, 0) is 11.5 Å². The van der Waals surface area contributed by atoms with Crippen molar-refractivity contribution in [2.24, 2.45) is 0 Å². The highest BCUT2D eigenvalue weighted by Crippen LogP contribution is 2.25. The molecule has 1 amide bonds. The van der Waals surface area contributed by atoms with Crippen LogP contribution in [0.4, 0.5) is 5.69 Å². The van der Waals surface area contributed by atoms with Crippen molar-refractivity contribution in [1.29, 1.82) is 0 Å². The zero-order chi connectivity index (χ0) is 26.6. The predicted octanol–water partition coefficient (Wildman–Crippen LogP) is 5.02. The number of benzene rings is 2. The number of hydrogen-bond donors (Lipinski definition) is 1. The van der Waals surface area contributed by atoms with Gasteiger partial charge in [0.15, 0.2) is 18.1 Å². The molecule has 10 nitrogen and oxygen atoms in total. The molecule has 0 saturated carbocycles. The van der Waals surface area contributed by atoms with Gasteiger partial charge in [-0.2, -0.15) is 10.2 Å². The van der Waals surface area contributed by atoms with Crippen LogP contribution in [0.3, 0.4) is 0 Å². The van der Waals surface area contributed by atoms with Crippen molar-refractivity contribution in [3.05, 3.63) is 95.0 Å². The van der Waals surface area contributed by atoms with Gasteiger partial charge in [0.2, 0.25) is 0 Å². The summed E-state index contributed by atoms with van der Waals surface area (Å²) in [6.07, 6.45) is 4.70. The Labute approximate surface area is 222 Å². The van der Waals surface area contributed by atoms with E-state index >= 15 is 0 Å². The number of aryl methyl sites for hydroxylation is 1. The molecule has 5 rings (SSSR count). The molecule has 0 saturated heterocycles. The van der Waals surface area contributed by atoms with Crippen LogP contribution in [0, 0.1) is 6.92 Å². The summed E-state index contributed by atoms with van der Waals surface area (Å²) in [5.41, 5.74) is 3.84. The molecule has 0 atom stereocenters.